The van der Waals surface area contributed by atoms with E-state index in [0.717, 1.165) is 37.7 Å². The van der Waals surface area contributed by atoms with Gasteiger partial charge < -0.3 is 22.9 Å². The van der Waals surface area contributed by atoms with E-state index in [1.165, 1.54) is 6.92 Å². The smallest absolute Gasteiger partial charge is 0.165 e. The van der Waals surface area contributed by atoms with Crippen LogP contribution in [0.4, 0.5) is 22.7 Å². The molecule has 6 heteroatoms. The summed E-state index contributed by atoms with van der Waals surface area (Å²) in [5, 5.41) is 6.55. The molecule has 6 nitrogen and oxygen atoms in total. The molecule has 5 aromatic rings. The van der Waals surface area contributed by atoms with E-state index in [-0.39, 0.29) is 18.0 Å². The van der Waals surface area contributed by atoms with Gasteiger partial charge in [-0.3, -0.25) is 9.59 Å². The van der Waals surface area contributed by atoms with Crippen LogP contribution in [0.1, 0.15) is 41.0 Å². The molecule has 0 atom stereocenters. The van der Waals surface area contributed by atoms with Crippen molar-refractivity contribution in [1.82, 2.24) is 0 Å². The number of anilines is 4. The van der Waals surface area contributed by atoms with E-state index in [0.29, 0.717) is 39.3 Å². The molecule has 0 saturated heterocycles. The number of carbonyl (C=O) groups is 2. The largest absolute Gasteiger partial charge is 0.399 e. The van der Waals surface area contributed by atoms with Crippen molar-refractivity contribution < 1.29 is 9.59 Å². The lowest BCUT2D eigenvalue weighted by Gasteiger charge is -2.21. The number of ketones is 2. The van der Waals surface area contributed by atoms with Crippen molar-refractivity contribution in [3.63, 3.8) is 0 Å². The predicted octanol–water partition coefficient (Wildman–Crippen LogP) is 4.86. The zero-order valence-corrected chi connectivity index (χ0v) is 17.3. The quantitative estimate of drug-likeness (QED) is 0.145. The Bertz CT molecular complexity index is 1600. The average Bonchev–Trinajstić information content (AvgIpc) is 2.71. The number of carbonyl (C=O) groups excluding carboxylic acids is 2. The summed E-state index contributed by atoms with van der Waals surface area (Å²) >= 11 is 0. The van der Waals surface area contributed by atoms with Crippen LogP contribution in [0.25, 0.3) is 43.1 Å². The highest BCUT2D eigenvalue weighted by atomic mass is 16.1. The summed E-state index contributed by atoms with van der Waals surface area (Å²) in [7, 11) is 0. The van der Waals surface area contributed by atoms with E-state index < -0.39 is 0 Å². The monoisotopic (exact) mass is 410 g/mol. The highest BCUT2D eigenvalue weighted by Crippen LogP contribution is 2.47. The van der Waals surface area contributed by atoms with Gasteiger partial charge in [0, 0.05) is 51.1 Å². The van der Waals surface area contributed by atoms with Gasteiger partial charge in [0.1, 0.15) is 0 Å². The molecule has 0 aromatic heterocycles. The molecule has 8 N–H and O–H groups in total. The second kappa shape index (κ2) is 6.22. The minimum absolute atomic E-state index is 0.135. The average molecular weight is 410 g/mol. The Hall–Kier alpha value is -4.06. The molecule has 0 aliphatic rings. The van der Waals surface area contributed by atoms with E-state index >= 15 is 0 Å². The molecule has 0 aliphatic heterocycles. The third-order valence-corrected chi connectivity index (χ3v) is 6.17. The summed E-state index contributed by atoms with van der Waals surface area (Å²) in [5.74, 6) is -0.351. The molecule has 0 saturated carbocycles. The Balaban J connectivity index is 2.24. The first-order valence-corrected chi connectivity index (χ1v) is 10.1. The van der Waals surface area contributed by atoms with Crippen LogP contribution in [0.2, 0.25) is 0 Å². The second-order valence-corrected chi connectivity index (χ2v) is 8.05. The van der Waals surface area contributed by atoms with E-state index in [4.69, 9.17) is 22.9 Å². The third-order valence-electron chi connectivity index (χ3n) is 6.17. The third kappa shape index (κ3) is 2.39. The van der Waals surface area contributed by atoms with E-state index in [1.54, 1.807) is 13.0 Å². The van der Waals surface area contributed by atoms with Crippen molar-refractivity contribution in [3.8, 4) is 0 Å². The van der Waals surface area contributed by atoms with Crippen LogP contribution in [0.15, 0.2) is 36.4 Å². The van der Waals surface area contributed by atoms with Gasteiger partial charge in [0.05, 0.1) is 0 Å². The topological polar surface area (TPSA) is 138 Å². The first-order valence-electron chi connectivity index (χ1n) is 10.1. The van der Waals surface area contributed by atoms with Crippen LogP contribution in [-0.4, -0.2) is 11.6 Å². The van der Waals surface area contributed by atoms with Gasteiger partial charge in [-0.1, -0.05) is 13.0 Å². The summed E-state index contributed by atoms with van der Waals surface area (Å²) in [6.07, 6.45) is 0.260. The van der Waals surface area contributed by atoms with Gasteiger partial charge in [-0.15, -0.1) is 0 Å². The van der Waals surface area contributed by atoms with Crippen molar-refractivity contribution >= 4 is 77.4 Å². The van der Waals surface area contributed by atoms with Crippen LogP contribution in [0.3, 0.4) is 0 Å². The van der Waals surface area contributed by atoms with Crippen LogP contribution in [0.5, 0.6) is 0 Å². The van der Waals surface area contributed by atoms with Gasteiger partial charge in [0.2, 0.25) is 0 Å². The maximum Gasteiger partial charge on any atom is 0.165 e. The van der Waals surface area contributed by atoms with Crippen LogP contribution < -0.4 is 22.9 Å². The number of hydrogen-bond donors (Lipinski definition) is 4. The molecule has 0 heterocycles. The molecule has 5 rings (SSSR count). The lowest BCUT2D eigenvalue weighted by atomic mass is 9.83. The van der Waals surface area contributed by atoms with E-state index in [2.05, 4.69) is 0 Å². The van der Waals surface area contributed by atoms with Crippen LogP contribution >= 0.6 is 0 Å². The Morgan fingerprint density at radius 2 is 1.26 bits per heavy atom. The van der Waals surface area contributed by atoms with Crippen LogP contribution in [-0.2, 0) is 0 Å². The Morgan fingerprint density at radius 3 is 1.90 bits per heavy atom. The summed E-state index contributed by atoms with van der Waals surface area (Å²) < 4.78 is 0. The minimum atomic E-state index is -0.216. The first-order chi connectivity index (χ1) is 14.7. The summed E-state index contributed by atoms with van der Waals surface area (Å²) in [5.41, 5.74) is 27.8. The first kappa shape index (κ1) is 18.9. The number of nitrogens with two attached hydrogens (primary N) is 4. The van der Waals surface area contributed by atoms with Gasteiger partial charge in [-0.2, -0.15) is 0 Å². The molecule has 31 heavy (non-hydrogen) atoms. The van der Waals surface area contributed by atoms with Crippen molar-refractivity contribution in [2.24, 2.45) is 0 Å². The molecule has 5 aromatic carbocycles. The molecule has 0 spiro atoms. The van der Waals surface area contributed by atoms with Crippen molar-refractivity contribution in [3.05, 3.63) is 47.5 Å². The molecular weight excluding hydrogens is 388 g/mol. The fourth-order valence-electron chi connectivity index (χ4n) is 4.92. The molecule has 0 aliphatic carbocycles. The van der Waals surface area contributed by atoms with E-state index in [9.17, 15) is 9.59 Å². The number of Topliss-reactive ketones (excluding diaryl/α,β-unsaturated/α-hetero) is 2. The second-order valence-electron chi connectivity index (χ2n) is 8.05. The van der Waals surface area contributed by atoms with Crippen molar-refractivity contribution in [2.75, 3.05) is 22.9 Å². The Morgan fingerprint density at radius 1 is 0.677 bits per heavy atom. The van der Waals surface area contributed by atoms with Gasteiger partial charge in [-0.05, 0) is 69.6 Å². The highest BCUT2D eigenvalue weighted by molar-refractivity contribution is 6.39. The zero-order chi connectivity index (χ0) is 22.2. The number of fused-ring (bicyclic) bond motifs is 2. The molecule has 0 amide bonds. The summed E-state index contributed by atoms with van der Waals surface area (Å²) in [4.78, 5) is 25.6. The highest BCUT2D eigenvalue weighted by Gasteiger charge is 2.25. The van der Waals surface area contributed by atoms with Gasteiger partial charge in [0.15, 0.2) is 11.6 Å². The summed E-state index contributed by atoms with van der Waals surface area (Å²) in [6.45, 7) is 3.22. The Kier molecular flexibility index (Phi) is 3.80. The van der Waals surface area contributed by atoms with Gasteiger partial charge >= 0.3 is 0 Å². The number of nitrogen functional groups attached to an aromatic ring is 4. The maximum atomic E-state index is 12.9. The minimum Gasteiger partial charge on any atom is -0.399 e. The zero-order valence-electron chi connectivity index (χ0n) is 17.3. The Labute approximate surface area is 178 Å². The summed E-state index contributed by atoms with van der Waals surface area (Å²) in [6, 6.07) is 11.1. The van der Waals surface area contributed by atoms with Gasteiger partial charge in [-0.25, -0.2) is 0 Å². The van der Waals surface area contributed by atoms with E-state index in [1.807, 2.05) is 30.3 Å². The molecule has 0 fully saturated rings. The molecule has 154 valence electrons. The number of hydrogen-bond acceptors (Lipinski definition) is 6. The standard InChI is InChI=1S/C25H22N4O2/c1-3-20(31)24-19(29)9-15-13-6-11(26)7-16-17(27)5-4-12(22(13)16)14-8-18(28)21(10(2)30)25(24)23(14)15/h4-9H,3,26-29H2,1-2H3. The van der Waals surface area contributed by atoms with Crippen LogP contribution in [0, 0.1) is 0 Å². The lowest BCUT2D eigenvalue weighted by Crippen LogP contribution is -2.10. The molecule has 0 radical (unpaired) electrons. The predicted molar refractivity (Wildman–Crippen MR) is 130 cm³/mol. The van der Waals surface area contributed by atoms with Crippen molar-refractivity contribution in [2.45, 2.75) is 20.3 Å². The number of benzene rings is 5. The maximum absolute atomic E-state index is 12.9. The molecular formula is C25H22N4O2. The fraction of sp³-hybridized carbons (Fsp3) is 0.120. The molecule has 0 unspecified atom stereocenters. The normalized spacial score (nSPS) is 11.8. The van der Waals surface area contributed by atoms with Crippen molar-refractivity contribution in [1.29, 1.82) is 0 Å². The molecule has 0 bridgehead atoms. The number of rotatable bonds is 3. The lowest BCUT2D eigenvalue weighted by molar-refractivity contribution is 0.0990. The SMILES string of the molecule is CCC(=O)c1c(N)cc2c3cc(N)cc4c(N)ccc(c5cc(N)c(C(C)=O)c1c52)c43. The van der Waals surface area contributed by atoms with Gasteiger partial charge in [0.25, 0.3) is 0 Å². The fourth-order valence-corrected chi connectivity index (χ4v) is 4.92.